The summed E-state index contributed by atoms with van der Waals surface area (Å²) >= 11 is 0. The zero-order valence-electron chi connectivity index (χ0n) is 13.5. The zero-order valence-corrected chi connectivity index (χ0v) is 13.5. The number of hydrogen-bond donors (Lipinski definition) is 1. The smallest absolute Gasteiger partial charge is 0.316 e. The highest BCUT2D eigenvalue weighted by atomic mass is 16.2. The van der Waals surface area contributed by atoms with Gasteiger partial charge in [-0.3, -0.25) is 9.59 Å². The maximum atomic E-state index is 12.4. The van der Waals surface area contributed by atoms with E-state index in [1.54, 1.807) is 4.90 Å². The lowest BCUT2D eigenvalue weighted by Crippen LogP contribution is -2.45. The van der Waals surface area contributed by atoms with Gasteiger partial charge in [-0.1, -0.05) is 29.8 Å². The molecular weight excluding hydrogens is 288 g/mol. The molecular formula is C19H24N2O2. The lowest BCUT2D eigenvalue weighted by molar-refractivity contribution is -0.137. The summed E-state index contributed by atoms with van der Waals surface area (Å²) < 4.78 is 0. The summed E-state index contributed by atoms with van der Waals surface area (Å²) in [6, 6.07) is 7.84. The van der Waals surface area contributed by atoms with Gasteiger partial charge in [0.1, 0.15) is 0 Å². The van der Waals surface area contributed by atoms with Crippen LogP contribution in [0.4, 0.5) is 5.69 Å². The fraction of sp³-hybridized carbons (Fsp3) is 0.474. The molecule has 0 radical (unpaired) electrons. The zero-order chi connectivity index (χ0) is 16.1. The highest BCUT2D eigenvalue weighted by Gasteiger charge is 2.26. The summed E-state index contributed by atoms with van der Waals surface area (Å²) in [5.74, 6) is -0.923. The van der Waals surface area contributed by atoms with Gasteiger partial charge >= 0.3 is 11.8 Å². The normalized spacial score (nSPS) is 17.2. The Bertz CT molecular complexity index is 622. The Hall–Kier alpha value is -2.10. The first kappa shape index (κ1) is 15.8. The number of carbonyl (C=O) groups excluding carboxylic acids is 2. The Labute approximate surface area is 137 Å². The first-order valence-electron chi connectivity index (χ1n) is 8.61. The van der Waals surface area contributed by atoms with E-state index < -0.39 is 11.8 Å². The molecule has 122 valence electrons. The van der Waals surface area contributed by atoms with Crippen molar-refractivity contribution in [2.45, 2.75) is 44.9 Å². The first-order valence-corrected chi connectivity index (χ1v) is 8.61. The van der Waals surface area contributed by atoms with Crippen LogP contribution in [-0.4, -0.2) is 24.9 Å². The van der Waals surface area contributed by atoms with E-state index in [-0.39, 0.29) is 0 Å². The Morgan fingerprint density at radius 2 is 1.96 bits per heavy atom. The fourth-order valence-electron chi connectivity index (χ4n) is 3.41. The van der Waals surface area contributed by atoms with Crippen molar-refractivity contribution in [3.8, 4) is 0 Å². The number of nitrogens with one attached hydrogen (secondary N) is 1. The van der Waals surface area contributed by atoms with Gasteiger partial charge in [-0.15, -0.1) is 0 Å². The molecule has 23 heavy (non-hydrogen) atoms. The van der Waals surface area contributed by atoms with Gasteiger partial charge in [-0.2, -0.15) is 0 Å². The molecule has 4 heteroatoms. The van der Waals surface area contributed by atoms with Gasteiger partial charge in [-0.25, -0.2) is 0 Å². The lowest BCUT2D eigenvalue weighted by atomic mass is 9.97. The largest absolute Gasteiger partial charge is 0.347 e. The van der Waals surface area contributed by atoms with E-state index in [1.807, 2.05) is 24.3 Å². The van der Waals surface area contributed by atoms with E-state index in [0.717, 1.165) is 43.4 Å². The van der Waals surface area contributed by atoms with Crippen molar-refractivity contribution < 1.29 is 9.59 Å². The minimum absolute atomic E-state index is 0.435. The van der Waals surface area contributed by atoms with Crippen molar-refractivity contribution in [1.29, 1.82) is 0 Å². The van der Waals surface area contributed by atoms with Crippen LogP contribution in [-0.2, 0) is 16.0 Å². The van der Waals surface area contributed by atoms with E-state index >= 15 is 0 Å². The number of allylic oxidation sites excluding steroid dienone is 1. The van der Waals surface area contributed by atoms with Gasteiger partial charge in [0, 0.05) is 18.8 Å². The Morgan fingerprint density at radius 3 is 2.78 bits per heavy atom. The minimum Gasteiger partial charge on any atom is -0.347 e. The van der Waals surface area contributed by atoms with Crippen LogP contribution in [0.15, 0.2) is 35.9 Å². The number of aryl methyl sites for hydroxylation is 1. The first-order chi connectivity index (χ1) is 11.3. The molecule has 0 saturated carbocycles. The molecule has 1 aromatic rings. The van der Waals surface area contributed by atoms with Crippen LogP contribution in [0, 0.1) is 0 Å². The van der Waals surface area contributed by atoms with Gasteiger partial charge in [0.15, 0.2) is 0 Å². The second-order valence-corrected chi connectivity index (χ2v) is 6.30. The van der Waals surface area contributed by atoms with Crippen LogP contribution in [0.3, 0.4) is 0 Å². The van der Waals surface area contributed by atoms with E-state index in [1.165, 1.54) is 18.4 Å². The number of anilines is 1. The molecule has 1 aliphatic carbocycles. The molecule has 0 bridgehead atoms. The van der Waals surface area contributed by atoms with E-state index in [2.05, 4.69) is 11.4 Å². The fourth-order valence-corrected chi connectivity index (χ4v) is 3.41. The van der Waals surface area contributed by atoms with E-state index in [9.17, 15) is 9.59 Å². The predicted molar refractivity (Wildman–Crippen MR) is 91.3 cm³/mol. The summed E-state index contributed by atoms with van der Waals surface area (Å²) in [5, 5.41) is 2.79. The number of hydrogen-bond acceptors (Lipinski definition) is 2. The second-order valence-electron chi connectivity index (χ2n) is 6.30. The molecule has 2 aliphatic rings. The van der Waals surface area contributed by atoms with Crippen LogP contribution in [0.5, 0.6) is 0 Å². The maximum Gasteiger partial charge on any atom is 0.316 e. The Balaban J connectivity index is 1.56. The van der Waals surface area contributed by atoms with Crippen LogP contribution in [0.1, 0.15) is 44.1 Å². The SMILES string of the molecule is O=C(NCCC1=CCCCC1)C(=O)N1CCCc2ccccc21. The average molecular weight is 312 g/mol. The molecule has 4 nitrogen and oxygen atoms in total. The Morgan fingerprint density at radius 1 is 1.09 bits per heavy atom. The number of carbonyl (C=O) groups is 2. The van der Waals surface area contributed by atoms with Crippen molar-refractivity contribution >= 4 is 17.5 Å². The number of benzene rings is 1. The Kier molecular flexibility index (Phi) is 5.11. The van der Waals surface area contributed by atoms with Crippen LogP contribution in [0.2, 0.25) is 0 Å². The number of fused-ring (bicyclic) bond motifs is 1. The van der Waals surface area contributed by atoms with E-state index in [4.69, 9.17) is 0 Å². The molecule has 3 rings (SSSR count). The summed E-state index contributed by atoms with van der Waals surface area (Å²) in [5.41, 5.74) is 3.44. The second kappa shape index (κ2) is 7.44. The molecule has 0 saturated heterocycles. The molecule has 0 unspecified atom stereocenters. The summed E-state index contributed by atoms with van der Waals surface area (Å²) in [6.07, 6.45) is 9.79. The lowest BCUT2D eigenvalue weighted by Gasteiger charge is -2.28. The number of amides is 2. The third-order valence-corrected chi connectivity index (χ3v) is 4.67. The number of nitrogens with zero attached hydrogens (tertiary/aromatic N) is 1. The van der Waals surface area contributed by atoms with Crippen LogP contribution >= 0.6 is 0 Å². The quantitative estimate of drug-likeness (QED) is 0.689. The topological polar surface area (TPSA) is 49.4 Å². The van der Waals surface area contributed by atoms with Crippen molar-refractivity contribution in [3.63, 3.8) is 0 Å². The van der Waals surface area contributed by atoms with Gasteiger partial charge in [0.2, 0.25) is 0 Å². The predicted octanol–water partition coefficient (Wildman–Crippen LogP) is 2.97. The summed E-state index contributed by atoms with van der Waals surface area (Å²) in [4.78, 5) is 26.2. The molecule has 1 N–H and O–H groups in total. The van der Waals surface area contributed by atoms with Crippen molar-refractivity contribution in [2.75, 3.05) is 18.0 Å². The van der Waals surface area contributed by atoms with Crippen LogP contribution < -0.4 is 10.2 Å². The van der Waals surface area contributed by atoms with Gasteiger partial charge in [0.25, 0.3) is 0 Å². The molecule has 0 fully saturated rings. The molecule has 0 aromatic heterocycles. The monoisotopic (exact) mass is 312 g/mol. The van der Waals surface area contributed by atoms with E-state index in [0.29, 0.717) is 13.1 Å². The average Bonchev–Trinajstić information content (AvgIpc) is 2.61. The number of rotatable bonds is 3. The van der Waals surface area contributed by atoms with Crippen LogP contribution in [0.25, 0.3) is 0 Å². The van der Waals surface area contributed by atoms with Gasteiger partial charge in [-0.05, 0) is 56.6 Å². The van der Waals surface area contributed by atoms with Crippen molar-refractivity contribution in [2.24, 2.45) is 0 Å². The van der Waals surface area contributed by atoms with Crippen molar-refractivity contribution in [3.05, 3.63) is 41.5 Å². The van der Waals surface area contributed by atoms with Crippen molar-refractivity contribution in [1.82, 2.24) is 5.32 Å². The third-order valence-electron chi connectivity index (χ3n) is 4.67. The molecule has 0 atom stereocenters. The summed E-state index contributed by atoms with van der Waals surface area (Å²) in [6.45, 7) is 1.17. The molecule has 1 heterocycles. The highest BCUT2D eigenvalue weighted by Crippen LogP contribution is 2.26. The standard InChI is InChI=1S/C19H24N2O2/c22-18(20-13-12-15-7-2-1-3-8-15)19(23)21-14-6-10-16-9-4-5-11-17(16)21/h4-5,7,9,11H,1-3,6,8,10,12-14H2,(H,20,22). The highest BCUT2D eigenvalue weighted by molar-refractivity contribution is 6.40. The van der Waals surface area contributed by atoms with Gasteiger partial charge < -0.3 is 10.2 Å². The third kappa shape index (κ3) is 3.81. The maximum absolute atomic E-state index is 12.4. The molecule has 0 spiro atoms. The molecule has 1 aliphatic heterocycles. The van der Waals surface area contributed by atoms with Gasteiger partial charge in [0.05, 0.1) is 0 Å². The minimum atomic E-state index is -0.488. The number of para-hydroxylation sites is 1. The summed E-state index contributed by atoms with van der Waals surface area (Å²) in [7, 11) is 0. The molecule has 2 amide bonds. The molecule has 1 aromatic carbocycles.